The van der Waals surface area contributed by atoms with Gasteiger partial charge in [-0.1, -0.05) is 12.8 Å². The minimum Gasteiger partial charge on any atom is -0.337 e. The SMILES string of the molecule is CN1CCN(C2CCCC2)C(=O)C1CCN. The highest BCUT2D eigenvalue weighted by Crippen LogP contribution is 2.26. The average molecular weight is 225 g/mol. The lowest BCUT2D eigenvalue weighted by atomic mass is 10.1. The molecule has 0 aromatic carbocycles. The molecule has 92 valence electrons. The molecular weight excluding hydrogens is 202 g/mol. The van der Waals surface area contributed by atoms with Crippen LogP contribution in [0.15, 0.2) is 0 Å². The molecule has 4 nitrogen and oxygen atoms in total. The van der Waals surface area contributed by atoms with E-state index in [4.69, 9.17) is 5.73 Å². The van der Waals surface area contributed by atoms with Crippen molar-refractivity contribution in [1.82, 2.24) is 9.80 Å². The predicted octanol–water partition coefficient (Wildman–Crippen LogP) is 0.420. The number of hydrogen-bond acceptors (Lipinski definition) is 3. The zero-order chi connectivity index (χ0) is 11.5. The molecule has 1 heterocycles. The Morgan fingerprint density at radius 3 is 2.62 bits per heavy atom. The molecule has 0 bridgehead atoms. The molecule has 1 saturated carbocycles. The summed E-state index contributed by atoms with van der Waals surface area (Å²) in [5.41, 5.74) is 5.59. The van der Waals surface area contributed by atoms with E-state index in [0.717, 1.165) is 19.5 Å². The largest absolute Gasteiger partial charge is 0.337 e. The highest BCUT2D eigenvalue weighted by Gasteiger charge is 2.36. The molecule has 2 N–H and O–H groups in total. The summed E-state index contributed by atoms with van der Waals surface area (Å²) in [4.78, 5) is 16.6. The molecule has 1 amide bonds. The van der Waals surface area contributed by atoms with Crippen molar-refractivity contribution in [2.24, 2.45) is 5.73 Å². The highest BCUT2D eigenvalue weighted by molar-refractivity contribution is 5.83. The van der Waals surface area contributed by atoms with Crippen molar-refractivity contribution in [3.05, 3.63) is 0 Å². The number of amides is 1. The van der Waals surface area contributed by atoms with Gasteiger partial charge in [0.05, 0.1) is 6.04 Å². The third-order valence-corrected chi connectivity index (χ3v) is 4.00. The smallest absolute Gasteiger partial charge is 0.240 e. The fourth-order valence-electron chi connectivity index (χ4n) is 2.99. The fourth-order valence-corrected chi connectivity index (χ4v) is 2.99. The molecule has 1 aliphatic carbocycles. The number of carbonyl (C=O) groups excluding carboxylic acids is 1. The van der Waals surface area contributed by atoms with Crippen LogP contribution in [-0.4, -0.2) is 54.5 Å². The van der Waals surface area contributed by atoms with Crippen LogP contribution in [-0.2, 0) is 4.79 Å². The molecule has 0 spiro atoms. The zero-order valence-corrected chi connectivity index (χ0v) is 10.2. The second-order valence-electron chi connectivity index (χ2n) is 5.04. The second-order valence-corrected chi connectivity index (χ2v) is 5.04. The summed E-state index contributed by atoms with van der Waals surface area (Å²) >= 11 is 0. The number of likely N-dealkylation sites (N-methyl/N-ethyl adjacent to an activating group) is 1. The molecule has 4 heteroatoms. The van der Waals surface area contributed by atoms with Gasteiger partial charge >= 0.3 is 0 Å². The van der Waals surface area contributed by atoms with Crippen LogP contribution in [0.2, 0.25) is 0 Å². The van der Waals surface area contributed by atoms with Crippen molar-refractivity contribution >= 4 is 5.91 Å². The molecule has 0 aromatic rings. The minimum atomic E-state index is 0.0272. The molecule has 1 atom stereocenters. The Balaban J connectivity index is 2.01. The summed E-state index contributed by atoms with van der Waals surface area (Å²) in [5, 5.41) is 0. The van der Waals surface area contributed by atoms with Crippen LogP contribution in [0.5, 0.6) is 0 Å². The van der Waals surface area contributed by atoms with Gasteiger partial charge in [0.25, 0.3) is 0 Å². The lowest BCUT2D eigenvalue weighted by Gasteiger charge is -2.41. The second kappa shape index (κ2) is 5.15. The van der Waals surface area contributed by atoms with Gasteiger partial charge in [-0.3, -0.25) is 9.69 Å². The Morgan fingerprint density at radius 1 is 1.31 bits per heavy atom. The van der Waals surface area contributed by atoms with Crippen LogP contribution in [0.25, 0.3) is 0 Å². The van der Waals surface area contributed by atoms with Crippen LogP contribution in [0.4, 0.5) is 0 Å². The van der Waals surface area contributed by atoms with E-state index in [1.165, 1.54) is 25.7 Å². The van der Waals surface area contributed by atoms with E-state index in [-0.39, 0.29) is 6.04 Å². The van der Waals surface area contributed by atoms with Gasteiger partial charge < -0.3 is 10.6 Å². The molecular formula is C12H23N3O. The van der Waals surface area contributed by atoms with E-state index in [1.807, 2.05) is 7.05 Å². The maximum absolute atomic E-state index is 12.3. The summed E-state index contributed by atoms with van der Waals surface area (Å²) < 4.78 is 0. The lowest BCUT2D eigenvalue weighted by Crippen LogP contribution is -2.58. The Kier molecular flexibility index (Phi) is 3.82. The van der Waals surface area contributed by atoms with E-state index in [2.05, 4.69) is 9.80 Å². The van der Waals surface area contributed by atoms with Crippen molar-refractivity contribution in [1.29, 1.82) is 0 Å². The Labute approximate surface area is 97.8 Å². The van der Waals surface area contributed by atoms with Crippen LogP contribution < -0.4 is 5.73 Å². The molecule has 0 aromatic heterocycles. The predicted molar refractivity (Wildman–Crippen MR) is 64.1 cm³/mol. The van der Waals surface area contributed by atoms with Gasteiger partial charge in [0.15, 0.2) is 0 Å². The number of rotatable bonds is 3. The highest BCUT2D eigenvalue weighted by atomic mass is 16.2. The Bertz CT molecular complexity index is 251. The van der Waals surface area contributed by atoms with Crippen molar-refractivity contribution in [2.45, 2.75) is 44.2 Å². The third-order valence-electron chi connectivity index (χ3n) is 4.00. The number of hydrogen-bond donors (Lipinski definition) is 1. The first-order valence-corrected chi connectivity index (χ1v) is 6.45. The van der Waals surface area contributed by atoms with Gasteiger partial charge in [0, 0.05) is 19.1 Å². The van der Waals surface area contributed by atoms with Crippen LogP contribution in [0, 0.1) is 0 Å². The number of carbonyl (C=O) groups is 1. The van der Waals surface area contributed by atoms with E-state index in [1.54, 1.807) is 0 Å². The van der Waals surface area contributed by atoms with E-state index in [9.17, 15) is 4.79 Å². The van der Waals surface area contributed by atoms with Crippen molar-refractivity contribution in [3.63, 3.8) is 0 Å². The maximum atomic E-state index is 12.3. The van der Waals surface area contributed by atoms with Crippen LogP contribution in [0.3, 0.4) is 0 Å². The van der Waals surface area contributed by atoms with Gasteiger partial charge in [-0.15, -0.1) is 0 Å². The van der Waals surface area contributed by atoms with E-state index < -0.39 is 0 Å². The molecule has 2 fully saturated rings. The topological polar surface area (TPSA) is 49.6 Å². The number of nitrogens with zero attached hydrogens (tertiary/aromatic N) is 2. The average Bonchev–Trinajstić information content (AvgIpc) is 2.77. The molecule has 1 saturated heterocycles. The molecule has 1 aliphatic heterocycles. The van der Waals surface area contributed by atoms with Crippen molar-refractivity contribution in [3.8, 4) is 0 Å². The van der Waals surface area contributed by atoms with Gasteiger partial charge in [-0.25, -0.2) is 0 Å². The van der Waals surface area contributed by atoms with Crippen molar-refractivity contribution in [2.75, 3.05) is 26.7 Å². The first-order chi connectivity index (χ1) is 7.74. The minimum absolute atomic E-state index is 0.0272. The van der Waals surface area contributed by atoms with Crippen molar-refractivity contribution < 1.29 is 4.79 Å². The molecule has 0 radical (unpaired) electrons. The summed E-state index contributed by atoms with van der Waals surface area (Å²) in [5.74, 6) is 0.311. The summed E-state index contributed by atoms with van der Waals surface area (Å²) in [6.07, 6.45) is 5.76. The summed E-state index contributed by atoms with van der Waals surface area (Å²) in [7, 11) is 2.03. The van der Waals surface area contributed by atoms with E-state index in [0.29, 0.717) is 18.5 Å². The Hall–Kier alpha value is -0.610. The molecule has 1 unspecified atom stereocenters. The molecule has 2 rings (SSSR count). The van der Waals surface area contributed by atoms with Gasteiger partial charge in [0.2, 0.25) is 5.91 Å². The van der Waals surface area contributed by atoms with Gasteiger partial charge in [-0.2, -0.15) is 0 Å². The standard InChI is InChI=1S/C12H23N3O/c1-14-8-9-15(10-4-2-3-5-10)12(16)11(14)6-7-13/h10-11H,2-9,13H2,1H3. The first-order valence-electron chi connectivity index (χ1n) is 6.45. The molecule has 16 heavy (non-hydrogen) atoms. The molecule has 2 aliphatic rings. The third kappa shape index (κ3) is 2.23. The number of nitrogens with two attached hydrogens (primary N) is 1. The fraction of sp³-hybridized carbons (Fsp3) is 0.917. The van der Waals surface area contributed by atoms with Crippen LogP contribution in [0.1, 0.15) is 32.1 Å². The maximum Gasteiger partial charge on any atom is 0.240 e. The lowest BCUT2D eigenvalue weighted by molar-refractivity contribution is -0.143. The first kappa shape index (κ1) is 11.9. The van der Waals surface area contributed by atoms with Gasteiger partial charge in [-0.05, 0) is 32.9 Å². The van der Waals surface area contributed by atoms with Gasteiger partial charge in [0.1, 0.15) is 0 Å². The summed E-state index contributed by atoms with van der Waals surface area (Å²) in [6.45, 7) is 2.49. The normalized spacial score (nSPS) is 29.0. The monoisotopic (exact) mass is 225 g/mol. The quantitative estimate of drug-likeness (QED) is 0.757. The van der Waals surface area contributed by atoms with Crippen LogP contribution >= 0.6 is 0 Å². The Morgan fingerprint density at radius 2 is 2.00 bits per heavy atom. The summed E-state index contributed by atoms with van der Waals surface area (Å²) in [6, 6.07) is 0.542. The number of piperazine rings is 1. The zero-order valence-electron chi connectivity index (χ0n) is 10.2. The van der Waals surface area contributed by atoms with E-state index >= 15 is 0 Å².